The van der Waals surface area contributed by atoms with Crippen molar-refractivity contribution in [1.82, 2.24) is 14.8 Å². The van der Waals surface area contributed by atoms with Crippen LogP contribution < -0.4 is 5.32 Å². The Hall–Kier alpha value is -2.03. The van der Waals surface area contributed by atoms with Gasteiger partial charge in [0.05, 0.1) is 5.75 Å². The first-order valence-electron chi connectivity index (χ1n) is 6.23. The molecule has 1 aromatic carbocycles. The lowest BCUT2D eigenvalue weighted by atomic mass is 10.2. The van der Waals surface area contributed by atoms with E-state index in [0.717, 1.165) is 21.9 Å². The zero-order valence-electron chi connectivity index (χ0n) is 11.8. The minimum absolute atomic E-state index is 0.0337. The second kappa shape index (κ2) is 6.39. The van der Waals surface area contributed by atoms with Gasteiger partial charge in [-0.15, -0.1) is 10.2 Å². The predicted octanol–water partition coefficient (Wildman–Crippen LogP) is 2.87. The Morgan fingerprint density at radius 1 is 1.27 bits per heavy atom. The van der Waals surface area contributed by atoms with E-state index in [-0.39, 0.29) is 16.8 Å². The lowest BCUT2D eigenvalue weighted by molar-refractivity contribution is -0.147. The summed E-state index contributed by atoms with van der Waals surface area (Å²) in [5.74, 6) is -1.48. The van der Waals surface area contributed by atoms with E-state index in [0.29, 0.717) is 5.69 Å². The van der Waals surface area contributed by atoms with Crippen LogP contribution in [-0.2, 0) is 18.0 Å². The number of nitrogens with one attached hydrogen (secondary N) is 1. The molecule has 0 saturated carbocycles. The average Bonchev–Trinajstić information content (AvgIpc) is 2.80. The van der Waals surface area contributed by atoms with Crippen LogP contribution in [0.5, 0.6) is 0 Å². The molecule has 118 valence electrons. The van der Waals surface area contributed by atoms with Crippen LogP contribution in [0.25, 0.3) is 0 Å². The number of thioether (sulfide) groups is 1. The molecule has 0 radical (unpaired) electrons. The number of alkyl halides is 3. The fraction of sp³-hybridized carbons (Fsp3) is 0.308. The van der Waals surface area contributed by atoms with Gasteiger partial charge in [0.25, 0.3) is 0 Å². The van der Waals surface area contributed by atoms with Gasteiger partial charge < -0.3 is 9.88 Å². The molecule has 2 rings (SSSR count). The summed E-state index contributed by atoms with van der Waals surface area (Å²) in [5, 5.41) is 9.23. The van der Waals surface area contributed by atoms with Crippen LogP contribution >= 0.6 is 11.8 Å². The number of aryl methyl sites for hydroxylation is 1. The highest BCUT2D eigenvalue weighted by Crippen LogP contribution is 2.29. The molecule has 0 saturated heterocycles. The van der Waals surface area contributed by atoms with Crippen LogP contribution in [0, 0.1) is 6.92 Å². The molecule has 22 heavy (non-hydrogen) atoms. The number of anilines is 1. The zero-order valence-corrected chi connectivity index (χ0v) is 12.6. The Balaban J connectivity index is 1.94. The van der Waals surface area contributed by atoms with Crippen molar-refractivity contribution in [2.45, 2.75) is 18.3 Å². The molecule has 2 aromatic rings. The SMILES string of the molecule is Cc1ccc(NC(=O)CSc2nnc(C(F)(F)F)n2C)cc1. The lowest BCUT2D eigenvalue weighted by Crippen LogP contribution is -2.15. The van der Waals surface area contributed by atoms with Crippen molar-refractivity contribution in [3.8, 4) is 0 Å². The van der Waals surface area contributed by atoms with Crippen molar-refractivity contribution < 1.29 is 18.0 Å². The van der Waals surface area contributed by atoms with E-state index >= 15 is 0 Å². The number of aromatic nitrogens is 3. The van der Waals surface area contributed by atoms with Gasteiger partial charge in [0, 0.05) is 12.7 Å². The molecule has 1 N–H and O–H groups in total. The minimum Gasteiger partial charge on any atom is -0.325 e. The number of nitrogens with zero attached hydrogens (tertiary/aromatic N) is 3. The number of carbonyl (C=O) groups is 1. The molecule has 0 unspecified atom stereocenters. The van der Waals surface area contributed by atoms with Crippen molar-refractivity contribution in [3.63, 3.8) is 0 Å². The van der Waals surface area contributed by atoms with Crippen molar-refractivity contribution in [3.05, 3.63) is 35.7 Å². The molecule has 0 atom stereocenters. The molecule has 1 amide bonds. The first-order chi connectivity index (χ1) is 10.3. The number of halogens is 3. The summed E-state index contributed by atoms with van der Waals surface area (Å²) in [6, 6.07) is 7.20. The second-order valence-electron chi connectivity index (χ2n) is 4.57. The zero-order chi connectivity index (χ0) is 16.3. The molecule has 0 bridgehead atoms. The van der Waals surface area contributed by atoms with Crippen molar-refractivity contribution in [2.75, 3.05) is 11.1 Å². The molecule has 9 heteroatoms. The molecule has 1 heterocycles. The summed E-state index contributed by atoms with van der Waals surface area (Å²) >= 11 is 0.892. The summed E-state index contributed by atoms with van der Waals surface area (Å²) in [6.07, 6.45) is -4.56. The van der Waals surface area contributed by atoms with Crippen LogP contribution in [-0.4, -0.2) is 26.4 Å². The Morgan fingerprint density at radius 2 is 1.91 bits per heavy atom. The molecular formula is C13H13F3N4OS. The number of benzene rings is 1. The molecule has 0 fully saturated rings. The van der Waals surface area contributed by atoms with Crippen LogP contribution in [0.4, 0.5) is 18.9 Å². The standard InChI is InChI=1S/C13H13F3N4OS/c1-8-3-5-9(6-4-8)17-10(21)7-22-12-19-18-11(20(12)2)13(14,15)16/h3-6H,7H2,1-2H3,(H,17,21). The largest absolute Gasteiger partial charge is 0.451 e. The maximum atomic E-state index is 12.6. The summed E-state index contributed by atoms with van der Waals surface area (Å²) in [7, 11) is 1.21. The highest BCUT2D eigenvalue weighted by molar-refractivity contribution is 7.99. The van der Waals surface area contributed by atoms with E-state index in [1.807, 2.05) is 19.1 Å². The fourth-order valence-corrected chi connectivity index (χ4v) is 2.36. The molecule has 5 nitrogen and oxygen atoms in total. The van der Waals surface area contributed by atoms with Gasteiger partial charge in [0.2, 0.25) is 11.7 Å². The van der Waals surface area contributed by atoms with Gasteiger partial charge in [0.15, 0.2) is 5.16 Å². The first-order valence-corrected chi connectivity index (χ1v) is 7.22. The smallest absolute Gasteiger partial charge is 0.325 e. The highest BCUT2D eigenvalue weighted by Gasteiger charge is 2.37. The van der Waals surface area contributed by atoms with Crippen molar-refractivity contribution >= 4 is 23.4 Å². The third kappa shape index (κ3) is 4.00. The number of amides is 1. The summed E-state index contributed by atoms with van der Waals surface area (Å²) < 4.78 is 38.5. The molecule has 0 aliphatic rings. The molecule has 0 aliphatic carbocycles. The van der Waals surface area contributed by atoms with E-state index in [9.17, 15) is 18.0 Å². The van der Waals surface area contributed by atoms with Gasteiger partial charge in [0.1, 0.15) is 0 Å². The van der Waals surface area contributed by atoms with Crippen molar-refractivity contribution in [2.24, 2.45) is 7.05 Å². The van der Waals surface area contributed by atoms with E-state index in [2.05, 4.69) is 15.5 Å². The van der Waals surface area contributed by atoms with Crippen LogP contribution in [0.3, 0.4) is 0 Å². The average molecular weight is 330 g/mol. The second-order valence-corrected chi connectivity index (χ2v) is 5.51. The lowest BCUT2D eigenvalue weighted by Gasteiger charge is -2.07. The Labute approximate surface area is 128 Å². The van der Waals surface area contributed by atoms with E-state index in [4.69, 9.17) is 0 Å². The third-order valence-electron chi connectivity index (χ3n) is 2.76. The number of rotatable bonds is 4. The monoisotopic (exact) mass is 330 g/mol. The number of hydrogen-bond donors (Lipinski definition) is 1. The first kappa shape index (κ1) is 16.3. The Bertz CT molecular complexity index is 667. The van der Waals surface area contributed by atoms with Gasteiger partial charge in [-0.05, 0) is 19.1 Å². The summed E-state index contributed by atoms with van der Waals surface area (Å²) in [5.41, 5.74) is 1.69. The Kier molecular flexibility index (Phi) is 4.74. The fourth-order valence-electron chi connectivity index (χ4n) is 1.65. The van der Waals surface area contributed by atoms with Gasteiger partial charge >= 0.3 is 6.18 Å². The number of hydrogen-bond acceptors (Lipinski definition) is 4. The van der Waals surface area contributed by atoms with Gasteiger partial charge in [-0.1, -0.05) is 29.5 Å². The third-order valence-corrected chi connectivity index (χ3v) is 3.78. The van der Waals surface area contributed by atoms with E-state index in [1.54, 1.807) is 12.1 Å². The molecular weight excluding hydrogens is 317 g/mol. The molecule has 0 aliphatic heterocycles. The van der Waals surface area contributed by atoms with Crippen molar-refractivity contribution in [1.29, 1.82) is 0 Å². The topological polar surface area (TPSA) is 59.8 Å². The summed E-state index contributed by atoms with van der Waals surface area (Å²) in [6.45, 7) is 1.92. The quantitative estimate of drug-likeness (QED) is 0.876. The van der Waals surface area contributed by atoms with Crippen LogP contribution in [0.1, 0.15) is 11.4 Å². The Morgan fingerprint density at radius 3 is 2.45 bits per heavy atom. The highest BCUT2D eigenvalue weighted by atomic mass is 32.2. The maximum absolute atomic E-state index is 12.6. The predicted molar refractivity (Wildman–Crippen MR) is 76.5 cm³/mol. The van der Waals surface area contributed by atoms with E-state index in [1.165, 1.54) is 7.05 Å². The van der Waals surface area contributed by atoms with Gasteiger partial charge in [-0.2, -0.15) is 13.2 Å². The summed E-state index contributed by atoms with van der Waals surface area (Å²) in [4.78, 5) is 11.8. The molecule has 1 aromatic heterocycles. The number of carbonyl (C=O) groups excluding carboxylic acids is 1. The normalized spacial score (nSPS) is 11.5. The molecule has 0 spiro atoms. The van der Waals surface area contributed by atoms with Gasteiger partial charge in [-0.25, -0.2) is 0 Å². The van der Waals surface area contributed by atoms with Gasteiger partial charge in [-0.3, -0.25) is 4.79 Å². The van der Waals surface area contributed by atoms with Crippen LogP contribution in [0.2, 0.25) is 0 Å². The van der Waals surface area contributed by atoms with Crippen LogP contribution in [0.15, 0.2) is 29.4 Å². The van der Waals surface area contributed by atoms with E-state index < -0.39 is 12.0 Å². The maximum Gasteiger partial charge on any atom is 0.451 e. The minimum atomic E-state index is -4.56.